The van der Waals surface area contributed by atoms with Crippen molar-refractivity contribution in [2.24, 2.45) is 0 Å². The number of hydrogen-bond donors (Lipinski definition) is 2. The monoisotopic (exact) mass is 569 g/mol. The highest BCUT2D eigenvalue weighted by Gasteiger charge is 2.36. The van der Waals surface area contributed by atoms with Crippen LogP contribution >= 0.6 is 0 Å². The molecule has 0 spiro atoms. The van der Waals surface area contributed by atoms with E-state index in [1.165, 1.54) is 89.9 Å². The second kappa shape index (κ2) is 25.2. The topological polar surface area (TPSA) is 89.1 Å². The smallest absolute Gasteiger partial charge is 0.407 e. The van der Waals surface area contributed by atoms with Gasteiger partial charge in [-0.15, -0.1) is 0 Å². The van der Waals surface area contributed by atoms with Crippen molar-refractivity contribution >= 4 is 12.2 Å². The molecular formula is C32H63N3O5. The number of unbranched alkanes of at least 4 members (excludes halogenated alkanes) is 15. The number of carbonyl (C=O) groups excluding carboxylic acids is 2. The molecule has 236 valence electrons. The van der Waals surface area contributed by atoms with E-state index < -0.39 is 17.8 Å². The van der Waals surface area contributed by atoms with Gasteiger partial charge in [0, 0.05) is 19.7 Å². The van der Waals surface area contributed by atoms with Gasteiger partial charge >= 0.3 is 12.2 Å². The van der Waals surface area contributed by atoms with Gasteiger partial charge in [-0.1, -0.05) is 103 Å². The Bertz CT molecular complexity index is 611. The molecule has 1 aliphatic heterocycles. The van der Waals surface area contributed by atoms with Gasteiger partial charge in [0.1, 0.15) is 18.8 Å². The first-order valence-electron chi connectivity index (χ1n) is 16.6. The summed E-state index contributed by atoms with van der Waals surface area (Å²) in [5.74, 6) is 0. The number of nitrogens with zero attached hydrogens (tertiary/aromatic N) is 1. The fourth-order valence-corrected chi connectivity index (χ4v) is 5.12. The zero-order valence-corrected chi connectivity index (χ0v) is 26.4. The molecule has 1 heterocycles. The molecule has 0 aromatic carbocycles. The van der Waals surface area contributed by atoms with Gasteiger partial charge in [0.2, 0.25) is 0 Å². The van der Waals surface area contributed by atoms with Crippen molar-refractivity contribution in [1.82, 2.24) is 15.5 Å². The van der Waals surface area contributed by atoms with E-state index in [4.69, 9.17) is 14.2 Å². The molecule has 0 bridgehead atoms. The maximum absolute atomic E-state index is 12.2. The van der Waals surface area contributed by atoms with Crippen molar-refractivity contribution in [2.75, 3.05) is 53.6 Å². The number of amides is 2. The summed E-state index contributed by atoms with van der Waals surface area (Å²) in [4.78, 5) is 26.4. The molecule has 40 heavy (non-hydrogen) atoms. The predicted octanol–water partition coefficient (Wildman–Crippen LogP) is 7.59. The highest BCUT2D eigenvalue weighted by molar-refractivity contribution is 5.67. The Hall–Kier alpha value is -1.54. The number of carbonyl (C=O) groups is 2. The van der Waals surface area contributed by atoms with Crippen LogP contribution in [0.2, 0.25) is 0 Å². The van der Waals surface area contributed by atoms with Crippen LogP contribution in [0.25, 0.3) is 0 Å². The molecule has 2 amide bonds. The molecule has 1 saturated heterocycles. The Kier molecular flexibility index (Phi) is 23.0. The van der Waals surface area contributed by atoms with Crippen molar-refractivity contribution in [3.8, 4) is 0 Å². The van der Waals surface area contributed by atoms with E-state index in [2.05, 4.69) is 22.5 Å². The standard InChI is InChI=1S/C32H63N3O5/c1-4-5-6-7-8-9-10-11-12-13-14-15-16-17-18-20-24-33-30(36)38-28-32(23-19-21-27-40-32)29-39-31(37)34-25-22-26-35(2)3/h4-29H2,1-3H3,(H,33,36)(H,34,37)/t32-/m1/s1. The molecule has 1 aliphatic rings. The van der Waals surface area contributed by atoms with Crippen LogP contribution in [0, 0.1) is 0 Å². The average molecular weight is 570 g/mol. The second-order valence-corrected chi connectivity index (χ2v) is 12.0. The summed E-state index contributed by atoms with van der Waals surface area (Å²) < 4.78 is 16.8. The molecular weight excluding hydrogens is 506 g/mol. The first kappa shape index (κ1) is 36.5. The molecule has 1 fully saturated rings. The number of rotatable bonds is 25. The van der Waals surface area contributed by atoms with Gasteiger partial charge < -0.3 is 29.7 Å². The van der Waals surface area contributed by atoms with Gasteiger partial charge in [0.15, 0.2) is 0 Å². The summed E-state index contributed by atoms with van der Waals surface area (Å²) in [6.45, 7) is 5.11. The first-order valence-corrected chi connectivity index (χ1v) is 16.6. The van der Waals surface area contributed by atoms with Crippen LogP contribution in [0.4, 0.5) is 9.59 Å². The molecule has 1 rings (SSSR count). The summed E-state index contributed by atoms with van der Waals surface area (Å²) >= 11 is 0. The number of nitrogens with one attached hydrogen (secondary N) is 2. The van der Waals surface area contributed by atoms with Crippen molar-refractivity contribution in [3.05, 3.63) is 0 Å². The minimum Gasteiger partial charge on any atom is -0.446 e. The fourth-order valence-electron chi connectivity index (χ4n) is 5.12. The minimum absolute atomic E-state index is 0.0823. The third kappa shape index (κ3) is 21.2. The summed E-state index contributed by atoms with van der Waals surface area (Å²) in [6, 6.07) is 0. The van der Waals surface area contributed by atoms with Crippen LogP contribution in [0.3, 0.4) is 0 Å². The minimum atomic E-state index is -0.759. The summed E-state index contributed by atoms with van der Waals surface area (Å²) in [5.41, 5.74) is -0.759. The Morgan fingerprint density at radius 1 is 0.675 bits per heavy atom. The van der Waals surface area contributed by atoms with Crippen LogP contribution in [0.15, 0.2) is 0 Å². The number of ether oxygens (including phenoxy) is 3. The Morgan fingerprint density at radius 2 is 1.12 bits per heavy atom. The molecule has 0 aliphatic carbocycles. The predicted molar refractivity (Wildman–Crippen MR) is 164 cm³/mol. The van der Waals surface area contributed by atoms with Gasteiger partial charge in [-0.25, -0.2) is 9.59 Å². The Balaban J connectivity index is 2.01. The largest absolute Gasteiger partial charge is 0.446 e. The van der Waals surface area contributed by atoms with Gasteiger partial charge in [-0.05, 0) is 52.7 Å². The van der Waals surface area contributed by atoms with E-state index in [1.807, 2.05) is 14.1 Å². The van der Waals surface area contributed by atoms with Gasteiger partial charge in [0.05, 0.1) is 0 Å². The summed E-state index contributed by atoms with van der Waals surface area (Å²) in [6.07, 6.45) is 23.9. The maximum atomic E-state index is 12.2. The molecule has 0 saturated carbocycles. The van der Waals surface area contributed by atoms with Crippen LogP contribution in [0.1, 0.15) is 135 Å². The lowest BCUT2D eigenvalue weighted by Gasteiger charge is -2.36. The van der Waals surface area contributed by atoms with E-state index in [0.717, 1.165) is 38.6 Å². The van der Waals surface area contributed by atoms with E-state index in [1.54, 1.807) is 0 Å². The lowest BCUT2D eigenvalue weighted by Crippen LogP contribution is -2.47. The third-order valence-corrected chi connectivity index (χ3v) is 7.72. The Morgan fingerprint density at radius 3 is 1.55 bits per heavy atom. The molecule has 0 aromatic rings. The summed E-state index contributed by atoms with van der Waals surface area (Å²) in [7, 11) is 4.00. The summed E-state index contributed by atoms with van der Waals surface area (Å²) in [5, 5.41) is 5.63. The van der Waals surface area contributed by atoms with Crippen LogP contribution in [0.5, 0.6) is 0 Å². The quantitative estimate of drug-likeness (QED) is 0.110. The third-order valence-electron chi connectivity index (χ3n) is 7.72. The van der Waals surface area contributed by atoms with E-state index in [0.29, 0.717) is 26.1 Å². The lowest BCUT2D eigenvalue weighted by molar-refractivity contribution is -0.134. The average Bonchev–Trinajstić information content (AvgIpc) is 2.95. The van der Waals surface area contributed by atoms with Crippen LogP contribution < -0.4 is 10.6 Å². The van der Waals surface area contributed by atoms with Crippen molar-refractivity contribution in [2.45, 2.75) is 141 Å². The lowest BCUT2D eigenvalue weighted by atomic mass is 9.95. The van der Waals surface area contributed by atoms with Crippen LogP contribution in [-0.4, -0.2) is 76.2 Å². The molecule has 0 radical (unpaired) electrons. The van der Waals surface area contributed by atoms with E-state index in [-0.39, 0.29) is 13.2 Å². The fraction of sp³-hybridized carbons (Fsp3) is 0.938. The van der Waals surface area contributed by atoms with Crippen LogP contribution in [-0.2, 0) is 14.2 Å². The second-order valence-electron chi connectivity index (χ2n) is 12.0. The normalized spacial score (nSPS) is 17.1. The van der Waals surface area contributed by atoms with Gasteiger partial charge in [0.25, 0.3) is 0 Å². The molecule has 1 atom stereocenters. The highest BCUT2D eigenvalue weighted by atomic mass is 16.6. The van der Waals surface area contributed by atoms with Crippen molar-refractivity contribution in [3.63, 3.8) is 0 Å². The zero-order chi connectivity index (χ0) is 29.2. The van der Waals surface area contributed by atoms with E-state index >= 15 is 0 Å². The zero-order valence-electron chi connectivity index (χ0n) is 26.4. The van der Waals surface area contributed by atoms with Gasteiger partial charge in [-0.2, -0.15) is 0 Å². The molecule has 2 N–H and O–H groups in total. The SMILES string of the molecule is CCCCCCCCCCCCCCCCCCNC(=O)OC[C@@]1(COC(=O)NCCCN(C)C)CCCCO1. The molecule has 0 aromatic heterocycles. The van der Waals surface area contributed by atoms with Gasteiger partial charge in [-0.3, -0.25) is 0 Å². The highest BCUT2D eigenvalue weighted by Crippen LogP contribution is 2.26. The molecule has 0 unspecified atom stereocenters. The molecule has 8 heteroatoms. The molecule has 8 nitrogen and oxygen atoms in total. The van der Waals surface area contributed by atoms with Crippen molar-refractivity contribution in [1.29, 1.82) is 0 Å². The maximum Gasteiger partial charge on any atom is 0.407 e. The first-order chi connectivity index (χ1) is 19.5. The van der Waals surface area contributed by atoms with Crippen molar-refractivity contribution < 1.29 is 23.8 Å². The number of alkyl carbamates (subject to hydrolysis) is 2. The van der Waals surface area contributed by atoms with E-state index in [9.17, 15) is 9.59 Å². The Labute approximate surface area is 246 Å². The number of hydrogen-bond acceptors (Lipinski definition) is 6.